The lowest BCUT2D eigenvalue weighted by atomic mass is 10.00. The topological polar surface area (TPSA) is 77.3 Å². The number of fused-ring (bicyclic) bond motifs is 6. The Balaban J connectivity index is 1.44. The number of rotatable bonds is 3. The number of aromatic nitrogens is 6. The quantitative estimate of drug-likeness (QED) is 0.179. The molecule has 186 valence electrons. The average Bonchev–Trinajstić information content (AvgIpc) is 3.04. The van der Waals surface area contributed by atoms with Gasteiger partial charge in [0.05, 0.1) is 50.5 Å². The van der Waals surface area contributed by atoms with Crippen LogP contribution in [0.25, 0.3) is 77.6 Å². The van der Waals surface area contributed by atoms with Crippen molar-refractivity contribution in [2.75, 3.05) is 0 Å². The van der Waals surface area contributed by atoms with Gasteiger partial charge < -0.3 is 0 Å². The van der Waals surface area contributed by atoms with E-state index in [2.05, 4.69) is 63.5 Å². The van der Waals surface area contributed by atoms with Crippen molar-refractivity contribution in [2.45, 2.75) is 0 Å². The Morgan fingerprint density at radius 2 is 1.07 bits per heavy atom. The van der Waals surface area contributed by atoms with Crippen LogP contribution in [-0.4, -0.2) is 29.9 Å². The van der Waals surface area contributed by atoms with E-state index in [9.17, 15) is 0 Å². The molecule has 0 N–H and O–H groups in total. The van der Waals surface area contributed by atoms with Crippen LogP contribution in [0.5, 0.6) is 0 Å². The van der Waals surface area contributed by atoms with Crippen molar-refractivity contribution < 1.29 is 0 Å². The molecule has 0 radical (unpaired) electrons. The van der Waals surface area contributed by atoms with Gasteiger partial charge in [0, 0.05) is 45.7 Å². The van der Waals surface area contributed by atoms with Gasteiger partial charge in [-0.25, -0.2) is 15.0 Å². The van der Waals surface area contributed by atoms with Crippen molar-refractivity contribution in [3.8, 4) is 34.0 Å². The molecule has 0 spiro atoms. The Morgan fingerprint density at radius 1 is 0.400 bits per heavy atom. The van der Waals surface area contributed by atoms with Crippen LogP contribution in [0.4, 0.5) is 0 Å². The maximum absolute atomic E-state index is 5.22. The van der Waals surface area contributed by atoms with Crippen LogP contribution in [0.3, 0.4) is 0 Å². The van der Waals surface area contributed by atoms with E-state index in [0.29, 0.717) is 0 Å². The molecule has 8 aromatic rings. The van der Waals surface area contributed by atoms with Gasteiger partial charge >= 0.3 is 0 Å². The molecule has 2 aromatic carbocycles. The van der Waals surface area contributed by atoms with Crippen LogP contribution in [0.15, 0.2) is 122 Å². The summed E-state index contributed by atoms with van der Waals surface area (Å²) in [5.41, 5.74) is 8.36. The fourth-order valence-electron chi connectivity index (χ4n) is 5.30. The van der Waals surface area contributed by atoms with Gasteiger partial charge in [0.2, 0.25) is 0 Å². The molecule has 0 fully saturated rings. The zero-order valence-corrected chi connectivity index (χ0v) is 21.2. The first kappa shape index (κ1) is 22.4. The SMILES string of the molecule is c1ccc(-c2cc(-c3nc4cc5ccc6cccnc6c5nc4c4ccccc34)cc(-c3ccccn3)n2)nc1. The molecule has 0 bridgehead atoms. The molecule has 6 heteroatoms. The van der Waals surface area contributed by atoms with Gasteiger partial charge in [0.1, 0.15) is 0 Å². The van der Waals surface area contributed by atoms with E-state index in [1.165, 1.54) is 0 Å². The highest BCUT2D eigenvalue weighted by molar-refractivity contribution is 6.14. The second-order valence-corrected chi connectivity index (χ2v) is 9.63. The van der Waals surface area contributed by atoms with Crippen LogP contribution in [-0.2, 0) is 0 Å². The predicted molar refractivity (Wildman–Crippen MR) is 160 cm³/mol. The molecule has 0 aliphatic carbocycles. The normalized spacial score (nSPS) is 11.5. The van der Waals surface area contributed by atoms with Crippen LogP contribution < -0.4 is 0 Å². The molecule has 0 atom stereocenters. The van der Waals surface area contributed by atoms with E-state index >= 15 is 0 Å². The summed E-state index contributed by atoms with van der Waals surface area (Å²) >= 11 is 0. The average molecular weight is 513 g/mol. The summed E-state index contributed by atoms with van der Waals surface area (Å²) in [5.74, 6) is 0. The highest BCUT2D eigenvalue weighted by Crippen LogP contribution is 2.36. The summed E-state index contributed by atoms with van der Waals surface area (Å²) in [5, 5.41) is 4.12. The minimum Gasteiger partial charge on any atom is -0.255 e. The van der Waals surface area contributed by atoms with E-state index in [4.69, 9.17) is 15.0 Å². The smallest absolute Gasteiger partial charge is 0.0974 e. The van der Waals surface area contributed by atoms with Crippen molar-refractivity contribution >= 4 is 43.6 Å². The standard InChI is InChI=1S/C34H20N6/c1-2-10-25-24(9-1)31(39-30-18-22-14-13-21-8-7-17-37-32(21)33(22)40-34(25)30)23-19-28(26-11-3-5-15-35-26)38-29(20-23)27-12-4-6-16-36-27/h1-20H. The van der Waals surface area contributed by atoms with Crippen molar-refractivity contribution in [1.29, 1.82) is 0 Å². The predicted octanol–water partition coefficient (Wildman–Crippen LogP) is 7.67. The van der Waals surface area contributed by atoms with Crippen LogP contribution in [0.1, 0.15) is 0 Å². The van der Waals surface area contributed by atoms with Crippen LogP contribution >= 0.6 is 0 Å². The van der Waals surface area contributed by atoms with Crippen LogP contribution in [0, 0.1) is 0 Å². The van der Waals surface area contributed by atoms with E-state index in [1.54, 1.807) is 12.4 Å². The molecular formula is C34H20N6. The third kappa shape index (κ3) is 3.66. The highest BCUT2D eigenvalue weighted by atomic mass is 14.8. The van der Waals surface area contributed by atoms with Gasteiger partial charge in [-0.15, -0.1) is 0 Å². The Morgan fingerprint density at radius 3 is 1.80 bits per heavy atom. The molecule has 6 aromatic heterocycles. The minimum atomic E-state index is 0.763. The first-order valence-electron chi connectivity index (χ1n) is 13.0. The number of hydrogen-bond acceptors (Lipinski definition) is 6. The van der Waals surface area contributed by atoms with Crippen molar-refractivity contribution in [2.24, 2.45) is 0 Å². The number of nitrogens with zero attached hydrogens (tertiary/aromatic N) is 6. The summed E-state index contributed by atoms with van der Waals surface area (Å²) in [7, 11) is 0. The summed E-state index contributed by atoms with van der Waals surface area (Å²) in [6.07, 6.45) is 5.38. The lowest BCUT2D eigenvalue weighted by Gasteiger charge is -2.13. The number of hydrogen-bond donors (Lipinski definition) is 0. The van der Waals surface area contributed by atoms with Gasteiger partial charge in [0.25, 0.3) is 0 Å². The Labute approximate surface area is 229 Å². The molecule has 0 saturated heterocycles. The van der Waals surface area contributed by atoms with E-state index in [0.717, 1.165) is 77.6 Å². The largest absolute Gasteiger partial charge is 0.255 e. The molecule has 0 amide bonds. The van der Waals surface area contributed by atoms with Crippen LogP contribution in [0.2, 0.25) is 0 Å². The Hall–Kier alpha value is -5.62. The third-order valence-electron chi connectivity index (χ3n) is 7.16. The molecule has 0 aliphatic rings. The first-order chi connectivity index (χ1) is 19.8. The molecule has 8 rings (SSSR count). The summed E-state index contributed by atoms with van der Waals surface area (Å²) in [6, 6.07) is 34.4. The summed E-state index contributed by atoms with van der Waals surface area (Å²) in [4.78, 5) is 29.1. The molecule has 0 aliphatic heterocycles. The molecule has 0 unspecified atom stereocenters. The maximum atomic E-state index is 5.22. The molecule has 0 saturated carbocycles. The lowest BCUT2D eigenvalue weighted by Crippen LogP contribution is -1.97. The Bertz CT molecular complexity index is 2160. The van der Waals surface area contributed by atoms with E-state index < -0.39 is 0 Å². The number of pyridine rings is 6. The van der Waals surface area contributed by atoms with Crippen molar-refractivity contribution in [3.63, 3.8) is 0 Å². The number of benzene rings is 2. The molecule has 40 heavy (non-hydrogen) atoms. The zero-order valence-electron chi connectivity index (χ0n) is 21.2. The van der Waals surface area contributed by atoms with Crippen molar-refractivity contribution in [3.05, 3.63) is 122 Å². The van der Waals surface area contributed by atoms with E-state index in [-0.39, 0.29) is 0 Å². The second kappa shape index (κ2) is 8.99. The highest BCUT2D eigenvalue weighted by Gasteiger charge is 2.16. The molecule has 6 nitrogen and oxygen atoms in total. The van der Waals surface area contributed by atoms with Gasteiger partial charge in [-0.05, 0) is 48.5 Å². The maximum Gasteiger partial charge on any atom is 0.0974 e. The Kier molecular flexibility index (Phi) is 5.03. The summed E-state index contributed by atoms with van der Waals surface area (Å²) in [6.45, 7) is 0. The first-order valence-corrected chi connectivity index (χ1v) is 13.0. The lowest BCUT2D eigenvalue weighted by molar-refractivity contribution is 1.22. The fourth-order valence-corrected chi connectivity index (χ4v) is 5.30. The van der Waals surface area contributed by atoms with Gasteiger partial charge in [0.15, 0.2) is 0 Å². The van der Waals surface area contributed by atoms with E-state index in [1.807, 2.05) is 60.8 Å². The van der Waals surface area contributed by atoms with Gasteiger partial charge in [-0.2, -0.15) is 0 Å². The molecular weight excluding hydrogens is 492 g/mol. The van der Waals surface area contributed by atoms with Gasteiger partial charge in [-0.1, -0.05) is 54.6 Å². The monoisotopic (exact) mass is 512 g/mol. The summed E-state index contributed by atoms with van der Waals surface area (Å²) < 4.78 is 0. The minimum absolute atomic E-state index is 0.763. The third-order valence-corrected chi connectivity index (χ3v) is 7.16. The molecule has 6 heterocycles. The zero-order chi connectivity index (χ0) is 26.5. The van der Waals surface area contributed by atoms with Crippen molar-refractivity contribution in [1.82, 2.24) is 29.9 Å². The van der Waals surface area contributed by atoms with Gasteiger partial charge in [-0.3, -0.25) is 15.0 Å². The fraction of sp³-hybridized carbons (Fsp3) is 0. The second-order valence-electron chi connectivity index (χ2n) is 9.63.